The summed E-state index contributed by atoms with van der Waals surface area (Å²) in [5.74, 6) is -1.17. The fourth-order valence-corrected chi connectivity index (χ4v) is 1.21. The summed E-state index contributed by atoms with van der Waals surface area (Å²) in [6.45, 7) is 0. The number of nitro groups is 1. The SMILES string of the molecule is O=C(O)c1cc(P)cc([N+](=O)[O-])c1. The van der Waals surface area contributed by atoms with Crippen molar-refractivity contribution in [1.29, 1.82) is 0 Å². The highest BCUT2D eigenvalue weighted by atomic mass is 31.0. The molecule has 0 aliphatic carbocycles. The Balaban J connectivity index is 3.26. The Morgan fingerprint density at radius 3 is 2.54 bits per heavy atom. The first-order valence-corrected chi connectivity index (χ1v) is 3.86. The van der Waals surface area contributed by atoms with Gasteiger partial charge in [-0.25, -0.2) is 4.79 Å². The third-order valence-electron chi connectivity index (χ3n) is 1.40. The highest BCUT2D eigenvalue weighted by Gasteiger charge is 2.11. The molecule has 13 heavy (non-hydrogen) atoms. The third-order valence-corrected chi connectivity index (χ3v) is 1.73. The molecule has 0 saturated heterocycles. The minimum Gasteiger partial charge on any atom is -0.478 e. The normalized spacial score (nSPS) is 9.62. The van der Waals surface area contributed by atoms with Crippen molar-refractivity contribution in [2.45, 2.75) is 0 Å². The van der Waals surface area contributed by atoms with Gasteiger partial charge in [0.05, 0.1) is 10.5 Å². The number of aromatic carboxylic acids is 1. The van der Waals surface area contributed by atoms with Gasteiger partial charge in [-0.05, 0) is 11.4 Å². The summed E-state index contributed by atoms with van der Waals surface area (Å²) in [5.41, 5.74) is -0.302. The number of non-ortho nitro benzene ring substituents is 1. The van der Waals surface area contributed by atoms with E-state index in [4.69, 9.17) is 5.11 Å². The monoisotopic (exact) mass is 199 g/mol. The molecule has 1 aromatic rings. The van der Waals surface area contributed by atoms with E-state index >= 15 is 0 Å². The lowest BCUT2D eigenvalue weighted by Crippen LogP contribution is -2.03. The van der Waals surface area contributed by atoms with E-state index in [0.717, 1.165) is 6.07 Å². The van der Waals surface area contributed by atoms with Gasteiger partial charge in [0.1, 0.15) is 0 Å². The molecular formula is C7H6NO4P. The van der Waals surface area contributed by atoms with E-state index < -0.39 is 10.9 Å². The third kappa shape index (κ3) is 2.23. The molecule has 0 bridgehead atoms. The second-order valence-electron chi connectivity index (χ2n) is 2.38. The zero-order chi connectivity index (χ0) is 10.0. The molecule has 0 aliphatic rings. The van der Waals surface area contributed by atoms with Crippen LogP contribution in [0.3, 0.4) is 0 Å². The van der Waals surface area contributed by atoms with Crippen molar-refractivity contribution in [1.82, 2.24) is 0 Å². The molecule has 0 radical (unpaired) electrons. The number of nitrogens with zero attached hydrogens (tertiary/aromatic N) is 1. The lowest BCUT2D eigenvalue weighted by Gasteiger charge is -1.97. The van der Waals surface area contributed by atoms with Crippen LogP contribution in [-0.4, -0.2) is 16.0 Å². The van der Waals surface area contributed by atoms with E-state index in [1.807, 2.05) is 0 Å². The van der Waals surface area contributed by atoms with Gasteiger partial charge in [0.25, 0.3) is 5.69 Å². The Morgan fingerprint density at radius 1 is 1.46 bits per heavy atom. The second-order valence-corrected chi connectivity index (χ2v) is 3.04. The fraction of sp³-hybridized carbons (Fsp3) is 0. The minimum absolute atomic E-state index is 0.0841. The molecule has 1 unspecified atom stereocenters. The summed E-state index contributed by atoms with van der Waals surface area (Å²) in [6.07, 6.45) is 0. The summed E-state index contributed by atoms with van der Waals surface area (Å²) in [7, 11) is 2.22. The van der Waals surface area contributed by atoms with Crippen molar-refractivity contribution < 1.29 is 14.8 Å². The number of carboxylic acid groups (broad SMARTS) is 1. The van der Waals surface area contributed by atoms with Crippen LogP contribution >= 0.6 is 9.24 Å². The maximum Gasteiger partial charge on any atom is 0.335 e. The Kier molecular flexibility index (Phi) is 2.58. The molecule has 0 fully saturated rings. The lowest BCUT2D eigenvalue weighted by atomic mass is 10.2. The standard InChI is InChI=1S/C7H6NO4P/c9-7(10)4-1-5(8(11)12)3-6(13)2-4/h1-3H,13H2,(H,9,10). The van der Waals surface area contributed by atoms with Crippen LogP contribution in [0.25, 0.3) is 0 Å². The van der Waals surface area contributed by atoms with Gasteiger partial charge in [-0.15, -0.1) is 9.24 Å². The molecular weight excluding hydrogens is 193 g/mol. The van der Waals surface area contributed by atoms with Crippen molar-refractivity contribution in [3.63, 3.8) is 0 Å². The number of carboxylic acids is 1. The van der Waals surface area contributed by atoms with Crippen LogP contribution in [-0.2, 0) is 0 Å². The average Bonchev–Trinajstić information content (AvgIpc) is 2.03. The molecule has 0 amide bonds. The molecule has 68 valence electrons. The number of carbonyl (C=O) groups is 1. The van der Waals surface area contributed by atoms with Crippen LogP contribution in [0.5, 0.6) is 0 Å². The molecule has 0 aromatic heterocycles. The van der Waals surface area contributed by atoms with Crippen molar-refractivity contribution in [3.05, 3.63) is 33.9 Å². The van der Waals surface area contributed by atoms with Crippen LogP contribution < -0.4 is 5.30 Å². The van der Waals surface area contributed by atoms with Gasteiger partial charge < -0.3 is 5.11 Å². The van der Waals surface area contributed by atoms with Gasteiger partial charge in [0.15, 0.2) is 0 Å². The molecule has 0 saturated carbocycles. The Hall–Kier alpha value is -1.48. The molecule has 1 atom stereocenters. The van der Waals surface area contributed by atoms with Crippen molar-refractivity contribution in [2.75, 3.05) is 0 Å². The first kappa shape index (κ1) is 9.61. The Morgan fingerprint density at radius 2 is 2.08 bits per heavy atom. The largest absolute Gasteiger partial charge is 0.478 e. The van der Waals surface area contributed by atoms with E-state index in [1.165, 1.54) is 12.1 Å². The smallest absolute Gasteiger partial charge is 0.335 e. The summed E-state index contributed by atoms with van der Waals surface area (Å²) in [5, 5.41) is 19.4. The van der Waals surface area contributed by atoms with E-state index in [9.17, 15) is 14.9 Å². The maximum absolute atomic E-state index is 10.5. The first-order chi connectivity index (χ1) is 6.00. The van der Waals surface area contributed by atoms with E-state index in [1.54, 1.807) is 0 Å². The number of hydrogen-bond acceptors (Lipinski definition) is 3. The lowest BCUT2D eigenvalue weighted by molar-refractivity contribution is -0.384. The van der Waals surface area contributed by atoms with Crippen LogP contribution in [0.15, 0.2) is 18.2 Å². The van der Waals surface area contributed by atoms with Gasteiger partial charge in [-0.2, -0.15) is 0 Å². The first-order valence-electron chi connectivity index (χ1n) is 3.29. The van der Waals surface area contributed by atoms with E-state index in [0.29, 0.717) is 5.30 Å². The Labute approximate surface area is 75.7 Å². The van der Waals surface area contributed by atoms with E-state index in [-0.39, 0.29) is 11.3 Å². The molecule has 0 spiro atoms. The van der Waals surface area contributed by atoms with E-state index in [2.05, 4.69) is 9.24 Å². The molecule has 6 heteroatoms. The van der Waals surface area contributed by atoms with Crippen molar-refractivity contribution >= 4 is 26.2 Å². The predicted molar refractivity (Wildman–Crippen MR) is 49.4 cm³/mol. The molecule has 0 aliphatic heterocycles. The second kappa shape index (κ2) is 3.49. The highest BCUT2D eigenvalue weighted by molar-refractivity contribution is 7.27. The predicted octanol–water partition coefficient (Wildman–Crippen LogP) is 0.793. The fourth-order valence-electron chi connectivity index (χ4n) is 0.864. The summed E-state index contributed by atoms with van der Waals surface area (Å²) >= 11 is 0. The molecule has 1 rings (SSSR count). The number of rotatable bonds is 2. The summed E-state index contributed by atoms with van der Waals surface area (Å²) in [4.78, 5) is 20.2. The quantitative estimate of drug-likeness (QED) is 0.433. The minimum atomic E-state index is -1.17. The molecule has 1 aromatic carbocycles. The molecule has 1 N–H and O–H groups in total. The van der Waals surface area contributed by atoms with Gasteiger partial charge in [0.2, 0.25) is 0 Å². The topological polar surface area (TPSA) is 80.4 Å². The van der Waals surface area contributed by atoms with Gasteiger partial charge >= 0.3 is 5.97 Å². The maximum atomic E-state index is 10.5. The van der Waals surface area contributed by atoms with Crippen molar-refractivity contribution in [3.8, 4) is 0 Å². The van der Waals surface area contributed by atoms with Gasteiger partial charge in [0, 0.05) is 12.1 Å². The van der Waals surface area contributed by atoms with Crippen LogP contribution in [0, 0.1) is 10.1 Å². The number of hydrogen-bond donors (Lipinski definition) is 1. The molecule has 0 heterocycles. The molecule has 5 nitrogen and oxygen atoms in total. The van der Waals surface area contributed by atoms with Crippen LogP contribution in [0.2, 0.25) is 0 Å². The van der Waals surface area contributed by atoms with Crippen LogP contribution in [0.4, 0.5) is 5.69 Å². The zero-order valence-electron chi connectivity index (χ0n) is 6.43. The van der Waals surface area contributed by atoms with Crippen LogP contribution in [0.1, 0.15) is 10.4 Å². The summed E-state index contributed by atoms with van der Waals surface area (Å²) in [6, 6.07) is 3.66. The zero-order valence-corrected chi connectivity index (χ0v) is 7.58. The van der Waals surface area contributed by atoms with Gasteiger partial charge in [-0.3, -0.25) is 10.1 Å². The highest BCUT2D eigenvalue weighted by Crippen LogP contribution is 2.13. The summed E-state index contributed by atoms with van der Waals surface area (Å²) < 4.78 is 0. The number of nitro benzene ring substituents is 1. The average molecular weight is 199 g/mol. The Bertz CT molecular complexity index is 345. The van der Waals surface area contributed by atoms with Crippen molar-refractivity contribution in [2.24, 2.45) is 0 Å². The van der Waals surface area contributed by atoms with Gasteiger partial charge in [-0.1, -0.05) is 0 Å². The number of benzene rings is 1.